The molecular formula is C11H20O. The van der Waals surface area contributed by atoms with Crippen LogP contribution in [0.4, 0.5) is 0 Å². The average Bonchev–Trinajstić information content (AvgIpc) is 2.04. The highest BCUT2D eigenvalue weighted by atomic mass is 16.5. The fourth-order valence-electron chi connectivity index (χ4n) is 0.833. The number of methoxy groups -OCH3 is 1. The van der Waals surface area contributed by atoms with Gasteiger partial charge in [-0.05, 0) is 33.6 Å². The smallest absolute Gasteiger partial charge is 0.0625 e. The minimum atomic E-state index is -0.00203. The van der Waals surface area contributed by atoms with Crippen LogP contribution in [0.15, 0.2) is 24.3 Å². The molecule has 0 aromatic rings. The predicted molar refractivity (Wildman–Crippen MR) is 54.3 cm³/mol. The Morgan fingerprint density at radius 3 is 2.50 bits per heavy atom. The summed E-state index contributed by atoms with van der Waals surface area (Å²) in [5.41, 5.74) is 1.24. The van der Waals surface area contributed by atoms with Gasteiger partial charge >= 0.3 is 0 Å². The van der Waals surface area contributed by atoms with Gasteiger partial charge in [0.1, 0.15) is 0 Å². The monoisotopic (exact) mass is 168 g/mol. The minimum Gasteiger partial charge on any atom is -0.379 e. The molecular weight excluding hydrogens is 148 g/mol. The van der Waals surface area contributed by atoms with E-state index in [2.05, 4.69) is 33.4 Å². The molecule has 1 heteroatoms. The molecule has 0 aliphatic rings. The van der Waals surface area contributed by atoms with E-state index in [1.807, 2.05) is 6.08 Å². The van der Waals surface area contributed by atoms with Crippen molar-refractivity contribution in [1.29, 1.82) is 0 Å². The molecule has 0 heterocycles. The van der Waals surface area contributed by atoms with Gasteiger partial charge in [-0.2, -0.15) is 0 Å². The maximum absolute atomic E-state index is 5.30. The lowest BCUT2D eigenvalue weighted by molar-refractivity contribution is 0.0163. The Bertz CT molecular complexity index is 166. The van der Waals surface area contributed by atoms with Crippen LogP contribution in [-0.2, 0) is 4.74 Å². The topological polar surface area (TPSA) is 9.23 Å². The van der Waals surface area contributed by atoms with Gasteiger partial charge in [-0.15, -0.1) is 0 Å². The normalized spacial score (nSPS) is 13.2. The van der Waals surface area contributed by atoms with Crippen LogP contribution in [0.2, 0.25) is 0 Å². The Morgan fingerprint density at radius 2 is 2.08 bits per heavy atom. The van der Waals surface area contributed by atoms with Crippen molar-refractivity contribution in [1.82, 2.24) is 0 Å². The largest absolute Gasteiger partial charge is 0.379 e. The van der Waals surface area contributed by atoms with Gasteiger partial charge in [-0.1, -0.05) is 24.3 Å². The Labute approximate surface area is 76.1 Å². The molecule has 12 heavy (non-hydrogen) atoms. The summed E-state index contributed by atoms with van der Waals surface area (Å²) in [5.74, 6) is 0. The molecule has 0 unspecified atom stereocenters. The van der Waals surface area contributed by atoms with Crippen LogP contribution in [-0.4, -0.2) is 12.7 Å². The van der Waals surface area contributed by atoms with E-state index in [9.17, 15) is 0 Å². The van der Waals surface area contributed by atoms with E-state index in [0.29, 0.717) is 0 Å². The summed E-state index contributed by atoms with van der Waals surface area (Å²) in [5, 5.41) is 0. The fraction of sp³-hybridized carbons (Fsp3) is 0.636. The molecule has 0 spiro atoms. The lowest BCUT2D eigenvalue weighted by Crippen LogP contribution is -2.21. The highest BCUT2D eigenvalue weighted by Gasteiger charge is 2.14. The molecule has 1 nitrogen and oxygen atoms in total. The van der Waals surface area contributed by atoms with Crippen LogP contribution in [0.5, 0.6) is 0 Å². The molecule has 0 bridgehead atoms. The summed E-state index contributed by atoms with van der Waals surface area (Å²) >= 11 is 0. The lowest BCUT2D eigenvalue weighted by atomic mass is 10.0. The van der Waals surface area contributed by atoms with E-state index in [4.69, 9.17) is 4.74 Å². The van der Waals surface area contributed by atoms with E-state index in [1.165, 1.54) is 5.57 Å². The van der Waals surface area contributed by atoms with Crippen LogP contribution < -0.4 is 0 Å². The second-order valence-corrected chi connectivity index (χ2v) is 3.65. The SMILES string of the molecule is C=CC(C)=CCCC(C)(C)OC. The highest BCUT2D eigenvalue weighted by molar-refractivity contribution is 5.12. The zero-order valence-corrected chi connectivity index (χ0v) is 8.68. The van der Waals surface area contributed by atoms with Gasteiger partial charge in [0.25, 0.3) is 0 Å². The first-order valence-electron chi connectivity index (χ1n) is 4.36. The van der Waals surface area contributed by atoms with Crippen LogP contribution in [0.1, 0.15) is 33.6 Å². The van der Waals surface area contributed by atoms with Crippen LogP contribution >= 0.6 is 0 Å². The molecule has 0 amide bonds. The van der Waals surface area contributed by atoms with E-state index < -0.39 is 0 Å². The molecule has 0 atom stereocenters. The lowest BCUT2D eigenvalue weighted by Gasteiger charge is -2.21. The van der Waals surface area contributed by atoms with Crippen LogP contribution in [0.25, 0.3) is 0 Å². The Morgan fingerprint density at radius 1 is 1.50 bits per heavy atom. The number of hydrogen-bond donors (Lipinski definition) is 0. The molecule has 0 aromatic heterocycles. The molecule has 0 aromatic carbocycles. The van der Waals surface area contributed by atoms with Gasteiger partial charge in [-0.3, -0.25) is 0 Å². The van der Waals surface area contributed by atoms with Gasteiger partial charge in [0, 0.05) is 7.11 Å². The zero-order chi connectivity index (χ0) is 9.61. The summed E-state index contributed by atoms with van der Waals surface area (Å²) in [6.45, 7) is 9.96. The molecule has 0 radical (unpaired) electrons. The first-order valence-corrected chi connectivity index (χ1v) is 4.36. The number of rotatable bonds is 5. The molecule has 0 fully saturated rings. The quantitative estimate of drug-likeness (QED) is 0.572. The zero-order valence-electron chi connectivity index (χ0n) is 8.68. The van der Waals surface area contributed by atoms with Crippen molar-refractivity contribution in [3.8, 4) is 0 Å². The maximum atomic E-state index is 5.30. The molecule has 0 aliphatic carbocycles. The third-order valence-electron chi connectivity index (χ3n) is 2.09. The second kappa shape index (κ2) is 5.15. The molecule has 70 valence electrons. The van der Waals surface area contributed by atoms with E-state index in [1.54, 1.807) is 7.11 Å². The molecule has 0 rings (SSSR count). The van der Waals surface area contributed by atoms with Gasteiger partial charge < -0.3 is 4.74 Å². The third kappa shape index (κ3) is 5.14. The first-order chi connectivity index (χ1) is 5.52. The molecule has 0 saturated heterocycles. The molecule has 0 aliphatic heterocycles. The van der Waals surface area contributed by atoms with Gasteiger partial charge in [-0.25, -0.2) is 0 Å². The fourth-order valence-corrected chi connectivity index (χ4v) is 0.833. The van der Waals surface area contributed by atoms with Gasteiger partial charge in [0.15, 0.2) is 0 Å². The number of hydrogen-bond acceptors (Lipinski definition) is 1. The summed E-state index contributed by atoms with van der Waals surface area (Å²) in [6, 6.07) is 0. The average molecular weight is 168 g/mol. The molecule has 0 saturated carbocycles. The van der Waals surface area contributed by atoms with Crippen molar-refractivity contribution in [2.45, 2.75) is 39.2 Å². The van der Waals surface area contributed by atoms with Crippen molar-refractivity contribution in [2.75, 3.05) is 7.11 Å². The van der Waals surface area contributed by atoms with Crippen molar-refractivity contribution < 1.29 is 4.74 Å². The van der Waals surface area contributed by atoms with E-state index in [0.717, 1.165) is 12.8 Å². The van der Waals surface area contributed by atoms with E-state index in [-0.39, 0.29) is 5.60 Å². The first kappa shape index (κ1) is 11.4. The third-order valence-corrected chi connectivity index (χ3v) is 2.09. The minimum absolute atomic E-state index is 0.00203. The van der Waals surface area contributed by atoms with Crippen molar-refractivity contribution in [2.24, 2.45) is 0 Å². The molecule has 0 N–H and O–H groups in total. The van der Waals surface area contributed by atoms with Crippen LogP contribution in [0.3, 0.4) is 0 Å². The van der Waals surface area contributed by atoms with Crippen LogP contribution in [0, 0.1) is 0 Å². The van der Waals surface area contributed by atoms with Crippen molar-refractivity contribution >= 4 is 0 Å². The van der Waals surface area contributed by atoms with Crippen molar-refractivity contribution in [3.05, 3.63) is 24.3 Å². The summed E-state index contributed by atoms with van der Waals surface area (Å²) in [6.07, 6.45) is 6.17. The Kier molecular flexibility index (Phi) is 4.91. The Hall–Kier alpha value is -0.560. The maximum Gasteiger partial charge on any atom is 0.0625 e. The highest BCUT2D eigenvalue weighted by Crippen LogP contribution is 2.16. The summed E-state index contributed by atoms with van der Waals surface area (Å²) < 4.78 is 5.30. The Balaban J connectivity index is 3.76. The predicted octanol–water partition coefficient (Wildman–Crippen LogP) is 3.32. The number of ether oxygens (including phenoxy) is 1. The second-order valence-electron chi connectivity index (χ2n) is 3.65. The number of allylic oxidation sites excluding steroid dienone is 3. The standard InChI is InChI=1S/C11H20O/c1-6-10(2)8-7-9-11(3,4)12-5/h6,8H,1,7,9H2,2-5H3. The van der Waals surface area contributed by atoms with Crippen molar-refractivity contribution in [3.63, 3.8) is 0 Å². The van der Waals surface area contributed by atoms with E-state index >= 15 is 0 Å². The summed E-state index contributed by atoms with van der Waals surface area (Å²) in [7, 11) is 1.75. The van der Waals surface area contributed by atoms with Gasteiger partial charge in [0.05, 0.1) is 5.60 Å². The summed E-state index contributed by atoms with van der Waals surface area (Å²) in [4.78, 5) is 0. The van der Waals surface area contributed by atoms with Gasteiger partial charge in [0.2, 0.25) is 0 Å².